The standard InChI is InChI=1S/C15H13BrN4/c1-11-2-8-14(9-3-11)20-10-17-19-15(20)18-13-6-4-12(16)5-7-13/h2-10H,1H3,(H,18,19). The van der Waals surface area contributed by atoms with E-state index in [0.29, 0.717) is 5.95 Å². The van der Waals surface area contributed by atoms with Gasteiger partial charge in [0.05, 0.1) is 5.69 Å². The first-order chi connectivity index (χ1) is 9.72. The van der Waals surface area contributed by atoms with Gasteiger partial charge in [-0.25, -0.2) is 0 Å². The van der Waals surface area contributed by atoms with Crippen LogP contribution in [0.25, 0.3) is 5.69 Å². The Bertz CT molecular complexity index is 701. The van der Waals surface area contributed by atoms with Crippen molar-refractivity contribution in [2.24, 2.45) is 0 Å². The molecule has 20 heavy (non-hydrogen) atoms. The molecule has 0 amide bonds. The molecule has 0 aliphatic heterocycles. The van der Waals surface area contributed by atoms with E-state index in [1.807, 2.05) is 41.0 Å². The zero-order chi connectivity index (χ0) is 13.9. The van der Waals surface area contributed by atoms with Gasteiger partial charge < -0.3 is 5.32 Å². The van der Waals surface area contributed by atoms with Crippen LogP contribution in [0.15, 0.2) is 59.3 Å². The van der Waals surface area contributed by atoms with Gasteiger partial charge in [-0.3, -0.25) is 4.57 Å². The van der Waals surface area contributed by atoms with Gasteiger partial charge in [0.2, 0.25) is 5.95 Å². The molecule has 1 aromatic heterocycles. The largest absolute Gasteiger partial charge is 0.324 e. The van der Waals surface area contributed by atoms with Crippen LogP contribution in [0.4, 0.5) is 11.6 Å². The van der Waals surface area contributed by atoms with Crippen LogP contribution in [0.5, 0.6) is 0 Å². The topological polar surface area (TPSA) is 42.7 Å². The van der Waals surface area contributed by atoms with Crippen LogP contribution in [0, 0.1) is 6.92 Å². The highest BCUT2D eigenvalue weighted by atomic mass is 79.9. The van der Waals surface area contributed by atoms with Gasteiger partial charge in [-0.15, -0.1) is 10.2 Å². The van der Waals surface area contributed by atoms with E-state index in [-0.39, 0.29) is 0 Å². The number of aryl methyl sites for hydroxylation is 1. The number of nitrogens with zero attached hydrogens (tertiary/aromatic N) is 3. The van der Waals surface area contributed by atoms with E-state index in [9.17, 15) is 0 Å². The third-order valence-corrected chi connectivity index (χ3v) is 3.49. The van der Waals surface area contributed by atoms with Crippen molar-refractivity contribution in [3.63, 3.8) is 0 Å². The maximum Gasteiger partial charge on any atom is 0.233 e. The third-order valence-electron chi connectivity index (χ3n) is 2.96. The molecule has 0 bridgehead atoms. The molecule has 0 unspecified atom stereocenters. The molecule has 0 radical (unpaired) electrons. The number of hydrogen-bond donors (Lipinski definition) is 1. The maximum atomic E-state index is 4.12. The van der Waals surface area contributed by atoms with Gasteiger partial charge in [0.1, 0.15) is 6.33 Å². The number of nitrogens with one attached hydrogen (secondary N) is 1. The first kappa shape index (κ1) is 12.9. The SMILES string of the molecule is Cc1ccc(-n2cnnc2Nc2ccc(Br)cc2)cc1. The summed E-state index contributed by atoms with van der Waals surface area (Å²) in [6.45, 7) is 2.07. The Balaban J connectivity index is 1.90. The van der Waals surface area contributed by atoms with Gasteiger partial charge in [-0.05, 0) is 43.3 Å². The minimum atomic E-state index is 0.691. The van der Waals surface area contributed by atoms with E-state index in [2.05, 4.69) is 50.5 Å². The number of anilines is 2. The lowest BCUT2D eigenvalue weighted by Gasteiger charge is -2.09. The number of aromatic nitrogens is 3. The lowest BCUT2D eigenvalue weighted by Crippen LogP contribution is -2.01. The highest BCUT2D eigenvalue weighted by Gasteiger charge is 2.06. The summed E-state index contributed by atoms with van der Waals surface area (Å²) in [5, 5.41) is 11.4. The molecule has 0 fully saturated rings. The first-order valence-corrected chi connectivity index (χ1v) is 7.01. The molecule has 0 aliphatic rings. The molecule has 0 spiro atoms. The predicted octanol–water partition coefficient (Wildman–Crippen LogP) is 4.08. The summed E-state index contributed by atoms with van der Waals surface area (Å²) < 4.78 is 2.96. The lowest BCUT2D eigenvalue weighted by atomic mass is 10.2. The highest BCUT2D eigenvalue weighted by Crippen LogP contribution is 2.20. The number of hydrogen-bond acceptors (Lipinski definition) is 3. The Labute approximate surface area is 125 Å². The van der Waals surface area contributed by atoms with E-state index in [0.717, 1.165) is 15.8 Å². The van der Waals surface area contributed by atoms with Crippen molar-refractivity contribution in [2.75, 3.05) is 5.32 Å². The normalized spacial score (nSPS) is 10.5. The monoisotopic (exact) mass is 328 g/mol. The second kappa shape index (κ2) is 5.46. The smallest absolute Gasteiger partial charge is 0.233 e. The third kappa shape index (κ3) is 2.72. The molecule has 4 nitrogen and oxygen atoms in total. The van der Waals surface area contributed by atoms with Gasteiger partial charge in [0, 0.05) is 10.2 Å². The second-order valence-electron chi connectivity index (χ2n) is 4.49. The van der Waals surface area contributed by atoms with Crippen molar-refractivity contribution in [1.29, 1.82) is 0 Å². The summed E-state index contributed by atoms with van der Waals surface area (Å²) in [5.41, 5.74) is 3.22. The Hall–Kier alpha value is -2.14. The van der Waals surface area contributed by atoms with E-state index in [1.54, 1.807) is 6.33 Å². The molecule has 0 aliphatic carbocycles. The zero-order valence-electron chi connectivity index (χ0n) is 10.9. The fourth-order valence-electron chi connectivity index (χ4n) is 1.88. The van der Waals surface area contributed by atoms with E-state index in [4.69, 9.17) is 0 Å². The molecule has 0 saturated heterocycles. The number of halogens is 1. The molecule has 3 aromatic rings. The van der Waals surface area contributed by atoms with E-state index in [1.165, 1.54) is 5.56 Å². The highest BCUT2D eigenvalue weighted by molar-refractivity contribution is 9.10. The van der Waals surface area contributed by atoms with Crippen LogP contribution >= 0.6 is 15.9 Å². The molecule has 1 N–H and O–H groups in total. The average molecular weight is 329 g/mol. The summed E-state index contributed by atoms with van der Waals surface area (Å²) in [4.78, 5) is 0. The summed E-state index contributed by atoms with van der Waals surface area (Å²) in [7, 11) is 0. The first-order valence-electron chi connectivity index (χ1n) is 6.22. The van der Waals surface area contributed by atoms with E-state index < -0.39 is 0 Å². The summed E-state index contributed by atoms with van der Waals surface area (Å²) in [6, 6.07) is 16.2. The predicted molar refractivity (Wildman–Crippen MR) is 83.5 cm³/mol. The lowest BCUT2D eigenvalue weighted by molar-refractivity contribution is 1.06. The summed E-state index contributed by atoms with van der Waals surface area (Å²) in [6.07, 6.45) is 1.70. The van der Waals surface area contributed by atoms with Crippen LogP contribution in [0.2, 0.25) is 0 Å². The van der Waals surface area contributed by atoms with Crippen molar-refractivity contribution in [1.82, 2.24) is 14.8 Å². The second-order valence-corrected chi connectivity index (χ2v) is 5.41. The van der Waals surface area contributed by atoms with E-state index >= 15 is 0 Å². The van der Waals surface area contributed by atoms with Crippen molar-refractivity contribution < 1.29 is 0 Å². The minimum absolute atomic E-state index is 0.691. The molecule has 100 valence electrons. The fraction of sp³-hybridized carbons (Fsp3) is 0.0667. The van der Waals surface area contributed by atoms with Crippen molar-refractivity contribution in [2.45, 2.75) is 6.92 Å². The van der Waals surface area contributed by atoms with Crippen LogP contribution < -0.4 is 5.32 Å². The van der Waals surface area contributed by atoms with Crippen molar-refractivity contribution >= 4 is 27.6 Å². The average Bonchev–Trinajstić information content (AvgIpc) is 2.90. The van der Waals surface area contributed by atoms with Gasteiger partial charge >= 0.3 is 0 Å². The summed E-state index contributed by atoms with van der Waals surface area (Å²) in [5.74, 6) is 0.691. The molecular weight excluding hydrogens is 316 g/mol. The van der Waals surface area contributed by atoms with Gasteiger partial charge in [0.25, 0.3) is 0 Å². The Morgan fingerprint density at radius 1 is 1.00 bits per heavy atom. The molecule has 3 rings (SSSR count). The Kier molecular flexibility index (Phi) is 3.52. The number of rotatable bonds is 3. The van der Waals surface area contributed by atoms with Crippen LogP contribution in [0.1, 0.15) is 5.56 Å². The number of benzene rings is 2. The summed E-state index contributed by atoms with van der Waals surface area (Å²) >= 11 is 3.42. The Morgan fingerprint density at radius 3 is 2.40 bits per heavy atom. The molecule has 0 atom stereocenters. The quantitative estimate of drug-likeness (QED) is 0.787. The van der Waals surface area contributed by atoms with Gasteiger partial charge in [0.15, 0.2) is 0 Å². The van der Waals surface area contributed by atoms with Gasteiger partial charge in [-0.1, -0.05) is 33.6 Å². The molecule has 2 aromatic carbocycles. The molecule has 5 heteroatoms. The zero-order valence-corrected chi connectivity index (χ0v) is 12.5. The molecular formula is C15H13BrN4. The van der Waals surface area contributed by atoms with Crippen LogP contribution in [0.3, 0.4) is 0 Å². The minimum Gasteiger partial charge on any atom is -0.324 e. The van der Waals surface area contributed by atoms with Crippen LogP contribution in [-0.2, 0) is 0 Å². The molecule has 0 saturated carbocycles. The maximum absolute atomic E-state index is 4.12. The fourth-order valence-corrected chi connectivity index (χ4v) is 2.14. The molecule has 1 heterocycles. The Morgan fingerprint density at radius 2 is 1.70 bits per heavy atom. The van der Waals surface area contributed by atoms with Crippen LogP contribution in [-0.4, -0.2) is 14.8 Å². The van der Waals surface area contributed by atoms with Gasteiger partial charge in [-0.2, -0.15) is 0 Å². The van der Waals surface area contributed by atoms with Crippen molar-refractivity contribution in [3.8, 4) is 5.69 Å². The van der Waals surface area contributed by atoms with Crippen molar-refractivity contribution in [3.05, 3.63) is 64.9 Å².